The van der Waals surface area contributed by atoms with Crippen molar-refractivity contribution in [3.63, 3.8) is 0 Å². The molecule has 0 aromatic heterocycles. The van der Waals surface area contributed by atoms with Crippen LogP contribution in [0.1, 0.15) is 19.3 Å². The maximum Gasteiger partial charge on any atom is 0.229 e. The topological polar surface area (TPSA) is 71.1 Å². The molecule has 0 aliphatic carbocycles. The van der Waals surface area contributed by atoms with E-state index in [9.17, 15) is 14.0 Å². The summed E-state index contributed by atoms with van der Waals surface area (Å²) in [7, 11) is 0. The second kappa shape index (κ2) is 8.09. The summed E-state index contributed by atoms with van der Waals surface area (Å²) in [5.41, 5.74) is 1.55. The summed E-state index contributed by atoms with van der Waals surface area (Å²) < 4.78 is 25.7. The summed E-state index contributed by atoms with van der Waals surface area (Å²) in [5, 5.41) is 2.76. The predicted octanol–water partition coefficient (Wildman–Crippen LogP) is 3.19. The molecule has 162 valence electrons. The molecule has 1 unspecified atom stereocenters. The molecule has 0 spiro atoms. The van der Waals surface area contributed by atoms with E-state index in [2.05, 4.69) is 10.2 Å². The van der Waals surface area contributed by atoms with Gasteiger partial charge in [-0.15, -0.1) is 0 Å². The fourth-order valence-electron chi connectivity index (χ4n) is 4.42. The van der Waals surface area contributed by atoms with E-state index in [1.807, 2.05) is 6.07 Å². The van der Waals surface area contributed by atoms with Gasteiger partial charge in [-0.05, 0) is 37.1 Å². The smallest absolute Gasteiger partial charge is 0.229 e. The number of para-hydroxylation sites is 1. The first-order valence-electron chi connectivity index (χ1n) is 10.6. The number of halogens is 1. The van der Waals surface area contributed by atoms with Gasteiger partial charge in [-0.1, -0.05) is 6.07 Å². The van der Waals surface area contributed by atoms with Crippen LogP contribution in [-0.2, 0) is 9.59 Å². The number of benzene rings is 2. The molecule has 1 atom stereocenters. The van der Waals surface area contributed by atoms with Gasteiger partial charge in [0.2, 0.25) is 11.8 Å². The van der Waals surface area contributed by atoms with Gasteiger partial charge in [0.25, 0.3) is 0 Å². The molecule has 5 rings (SSSR count). The van der Waals surface area contributed by atoms with E-state index < -0.39 is 11.7 Å². The minimum absolute atomic E-state index is 0.0772. The lowest BCUT2D eigenvalue weighted by atomic mass is 10.1. The van der Waals surface area contributed by atoms with Gasteiger partial charge < -0.3 is 24.6 Å². The first-order valence-corrected chi connectivity index (χ1v) is 10.6. The average molecular weight is 425 g/mol. The highest BCUT2D eigenvalue weighted by Crippen LogP contribution is 2.37. The van der Waals surface area contributed by atoms with Crippen molar-refractivity contribution >= 4 is 28.9 Å². The van der Waals surface area contributed by atoms with E-state index in [1.165, 1.54) is 6.07 Å². The summed E-state index contributed by atoms with van der Waals surface area (Å²) in [6.07, 6.45) is 2.17. The predicted molar refractivity (Wildman–Crippen MR) is 114 cm³/mol. The molecule has 2 aromatic carbocycles. The van der Waals surface area contributed by atoms with Crippen molar-refractivity contribution in [1.29, 1.82) is 0 Å². The number of nitrogens with one attached hydrogen (secondary N) is 1. The zero-order valence-corrected chi connectivity index (χ0v) is 17.1. The van der Waals surface area contributed by atoms with Crippen LogP contribution in [0.15, 0.2) is 36.4 Å². The van der Waals surface area contributed by atoms with Crippen molar-refractivity contribution in [3.05, 3.63) is 42.2 Å². The molecule has 2 amide bonds. The highest BCUT2D eigenvalue weighted by molar-refractivity contribution is 6.04. The van der Waals surface area contributed by atoms with Gasteiger partial charge in [-0.25, -0.2) is 4.39 Å². The van der Waals surface area contributed by atoms with Gasteiger partial charge in [0.05, 0.1) is 11.6 Å². The van der Waals surface area contributed by atoms with Crippen LogP contribution >= 0.6 is 0 Å². The number of fused-ring (bicyclic) bond motifs is 1. The Kier molecular flexibility index (Phi) is 5.13. The molecule has 31 heavy (non-hydrogen) atoms. The first kappa shape index (κ1) is 19.7. The molecule has 7 nitrogen and oxygen atoms in total. The lowest BCUT2D eigenvalue weighted by Gasteiger charge is -2.23. The number of nitrogens with zero attached hydrogens (tertiary/aromatic N) is 2. The van der Waals surface area contributed by atoms with Crippen molar-refractivity contribution in [2.45, 2.75) is 19.3 Å². The second-order valence-electron chi connectivity index (χ2n) is 8.05. The number of ether oxygens (including phenoxy) is 2. The van der Waals surface area contributed by atoms with Crippen molar-refractivity contribution in [1.82, 2.24) is 0 Å². The van der Waals surface area contributed by atoms with Crippen LogP contribution in [0, 0.1) is 11.7 Å². The SMILES string of the molecule is O=C(Nc1c(F)cccc1N1CCCC1)C1CC(=O)N(c2ccc3c(c2)OCCO3)C1. The molecule has 3 heterocycles. The third-order valence-electron chi connectivity index (χ3n) is 6.02. The Morgan fingerprint density at radius 2 is 1.84 bits per heavy atom. The minimum Gasteiger partial charge on any atom is -0.486 e. The quantitative estimate of drug-likeness (QED) is 0.815. The molecule has 0 bridgehead atoms. The zero-order chi connectivity index (χ0) is 21.4. The lowest BCUT2D eigenvalue weighted by Crippen LogP contribution is -2.29. The lowest BCUT2D eigenvalue weighted by molar-refractivity contribution is -0.122. The Labute approximate surface area is 179 Å². The van der Waals surface area contributed by atoms with E-state index in [-0.39, 0.29) is 30.5 Å². The van der Waals surface area contributed by atoms with E-state index in [0.29, 0.717) is 36.1 Å². The van der Waals surface area contributed by atoms with E-state index in [1.54, 1.807) is 29.2 Å². The number of carbonyl (C=O) groups excluding carboxylic acids is 2. The van der Waals surface area contributed by atoms with Gasteiger partial charge in [0.15, 0.2) is 11.5 Å². The Morgan fingerprint density at radius 1 is 1.06 bits per heavy atom. The Bertz CT molecular complexity index is 1020. The van der Waals surface area contributed by atoms with E-state index >= 15 is 0 Å². The van der Waals surface area contributed by atoms with Crippen molar-refractivity contribution in [2.75, 3.05) is 48.0 Å². The molecule has 0 saturated carbocycles. The summed E-state index contributed by atoms with van der Waals surface area (Å²) in [6, 6.07) is 10.1. The van der Waals surface area contributed by atoms with Gasteiger partial charge in [0, 0.05) is 37.8 Å². The van der Waals surface area contributed by atoms with E-state index in [4.69, 9.17) is 9.47 Å². The van der Waals surface area contributed by atoms with Gasteiger partial charge in [-0.2, -0.15) is 0 Å². The second-order valence-corrected chi connectivity index (χ2v) is 8.05. The maximum atomic E-state index is 14.6. The van der Waals surface area contributed by atoms with Gasteiger partial charge in [0.1, 0.15) is 24.7 Å². The molecule has 3 aliphatic rings. The Morgan fingerprint density at radius 3 is 2.65 bits per heavy atom. The zero-order valence-electron chi connectivity index (χ0n) is 17.1. The van der Waals surface area contributed by atoms with Crippen molar-refractivity contribution in [2.24, 2.45) is 5.92 Å². The van der Waals surface area contributed by atoms with Gasteiger partial charge in [-0.3, -0.25) is 9.59 Å². The average Bonchev–Trinajstić information content (AvgIpc) is 3.45. The number of amides is 2. The van der Waals surface area contributed by atoms with E-state index in [0.717, 1.165) is 25.9 Å². The Hall–Kier alpha value is -3.29. The van der Waals surface area contributed by atoms with Crippen LogP contribution in [0.4, 0.5) is 21.5 Å². The molecule has 2 fully saturated rings. The standard InChI is InChI=1S/C23H24FN3O4/c24-17-4-3-5-18(26-8-1-2-9-26)22(17)25-23(29)15-12-21(28)27(14-15)16-6-7-19-20(13-16)31-11-10-30-19/h3-7,13,15H,1-2,8-12,14H2,(H,25,29). The highest BCUT2D eigenvalue weighted by Gasteiger charge is 2.36. The van der Waals surface area contributed by atoms with Crippen LogP contribution in [0.3, 0.4) is 0 Å². The summed E-state index contributed by atoms with van der Waals surface area (Å²) >= 11 is 0. The van der Waals surface area contributed by atoms with Crippen molar-refractivity contribution in [3.8, 4) is 11.5 Å². The van der Waals surface area contributed by atoms with Crippen molar-refractivity contribution < 1.29 is 23.5 Å². The van der Waals surface area contributed by atoms with Crippen LogP contribution in [0.2, 0.25) is 0 Å². The molecule has 0 radical (unpaired) electrons. The minimum atomic E-state index is -0.563. The number of hydrogen-bond acceptors (Lipinski definition) is 5. The third kappa shape index (κ3) is 3.78. The van der Waals surface area contributed by atoms with Gasteiger partial charge >= 0.3 is 0 Å². The van der Waals surface area contributed by atoms with Crippen LogP contribution < -0.4 is 24.6 Å². The maximum absolute atomic E-state index is 14.6. The normalized spacial score (nSPS) is 20.3. The molecule has 8 heteroatoms. The fourth-order valence-corrected chi connectivity index (χ4v) is 4.42. The fraction of sp³-hybridized carbons (Fsp3) is 0.391. The summed E-state index contributed by atoms with van der Waals surface area (Å²) in [5.74, 6) is -0.294. The molecule has 2 aromatic rings. The number of anilines is 3. The largest absolute Gasteiger partial charge is 0.486 e. The number of carbonyl (C=O) groups is 2. The Balaban J connectivity index is 1.32. The molecular formula is C23H24FN3O4. The summed E-state index contributed by atoms with van der Waals surface area (Å²) in [4.78, 5) is 29.3. The number of hydrogen-bond donors (Lipinski definition) is 1. The third-order valence-corrected chi connectivity index (χ3v) is 6.02. The van der Waals surface area contributed by atoms with Crippen LogP contribution in [0.5, 0.6) is 11.5 Å². The van der Waals surface area contributed by atoms with Crippen LogP contribution in [-0.4, -0.2) is 44.7 Å². The van der Waals surface area contributed by atoms with Crippen LogP contribution in [0.25, 0.3) is 0 Å². The first-order chi connectivity index (χ1) is 15.1. The highest BCUT2D eigenvalue weighted by atomic mass is 19.1. The number of rotatable bonds is 4. The molecule has 2 saturated heterocycles. The summed E-state index contributed by atoms with van der Waals surface area (Å²) in [6.45, 7) is 2.86. The molecule has 1 N–H and O–H groups in total. The molecule has 3 aliphatic heterocycles. The molecular weight excluding hydrogens is 401 g/mol. The monoisotopic (exact) mass is 425 g/mol.